The van der Waals surface area contributed by atoms with Gasteiger partial charge in [-0.3, -0.25) is 0 Å². The summed E-state index contributed by atoms with van der Waals surface area (Å²) in [6.07, 6.45) is 0. The fourth-order valence-electron chi connectivity index (χ4n) is 0. The highest BCUT2D eigenvalue weighted by molar-refractivity contribution is 14.0. The first-order valence-corrected chi connectivity index (χ1v) is 1.00. The molecule has 0 aliphatic heterocycles. The second-order valence-electron chi connectivity index (χ2n) is 0.0680. The van der Waals surface area contributed by atoms with Crippen LogP contribution in [0.3, 0.4) is 0 Å². The van der Waals surface area contributed by atoms with Crippen LogP contribution in [0.25, 0.3) is 0 Å². The summed E-state index contributed by atoms with van der Waals surface area (Å²) in [5.41, 5.74) is 0. The van der Waals surface area contributed by atoms with E-state index in [-0.39, 0.29) is 24.0 Å². The molecule has 0 aromatic heterocycles. The van der Waals surface area contributed by atoms with Gasteiger partial charge in [0.1, 0.15) is 0 Å². The molecule has 0 amide bonds. The summed E-state index contributed by atoms with van der Waals surface area (Å²) < 4.78 is 16.6. The van der Waals surface area contributed by atoms with Crippen molar-refractivity contribution >= 4 is 35.5 Å². The highest BCUT2D eigenvalue weighted by atomic mass is 127. The second-order valence-corrected chi connectivity index (χ2v) is 0.204. The molecule has 0 fully saturated rings. The zero-order valence-electron chi connectivity index (χ0n) is 1.63. The average molecular weight is 192 g/mol. The van der Waals surface area contributed by atoms with E-state index in [4.69, 9.17) is 8.42 Å². The summed E-state index contributed by atoms with van der Waals surface area (Å²) in [5, 5.41) is 0. The van der Waals surface area contributed by atoms with Crippen molar-refractivity contribution in [1.82, 2.24) is 0 Å². The van der Waals surface area contributed by atoms with Gasteiger partial charge in [-0.15, -0.1) is 24.0 Å². The van der Waals surface area contributed by atoms with Gasteiger partial charge in [-0.05, 0) is 0 Å². The number of rotatable bonds is 0. The quantitative estimate of drug-likeness (QED) is 0.504. The molecule has 0 saturated carbocycles. The Morgan fingerprint density at radius 2 is 1.25 bits per heavy atom. The van der Waals surface area contributed by atoms with Gasteiger partial charge in [0.15, 0.2) is 0 Å². The van der Waals surface area contributed by atoms with Crippen molar-refractivity contribution in [3.63, 3.8) is 0 Å². The zero-order valence-corrected chi connectivity index (χ0v) is 4.78. The molecule has 0 aromatic carbocycles. The van der Waals surface area contributed by atoms with Crippen molar-refractivity contribution in [2.45, 2.75) is 0 Å². The van der Waals surface area contributed by atoms with Gasteiger partial charge in [-0.2, -0.15) is 8.42 Å². The number of hydrogen-bond acceptors (Lipinski definition) is 2. The molecule has 0 radical (unpaired) electrons. The van der Waals surface area contributed by atoms with E-state index < -0.39 is 11.6 Å². The first-order valence-electron chi connectivity index (χ1n) is 0.333. The lowest BCUT2D eigenvalue weighted by atomic mass is 15.9. The Morgan fingerprint density at radius 1 is 1.25 bits per heavy atom. The lowest BCUT2D eigenvalue weighted by Gasteiger charge is -0.947. The van der Waals surface area contributed by atoms with Crippen molar-refractivity contribution < 1.29 is 8.42 Å². The number of halogens is 1. The Hall–Kier alpha value is 0.550. The van der Waals surface area contributed by atoms with Crippen LogP contribution in [0.1, 0.15) is 0 Å². The fourth-order valence-corrected chi connectivity index (χ4v) is 0. The van der Waals surface area contributed by atoms with Crippen molar-refractivity contribution in [3.05, 3.63) is 0 Å². The molecule has 0 bridgehead atoms. The van der Waals surface area contributed by atoms with Gasteiger partial charge in [0.2, 0.25) is 0 Å². The molecule has 4 heteroatoms. The summed E-state index contributed by atoms with van der Waals surface area (Å²) in [6, 6.07) is 0. The highest BCUT2D eigenvalue weighted by Gasteiger charge is 1.12. The monoisotopic (exact) mass is 192 g/mol. The third-order valence-electron chi connectivity index (χ3n) is 0. The van der Waals surface area contributed by atoms with Gasteiger partial charge in [-0.1, -0.05) is 0 Å². The molecule has 0 heterocycles. The Morgan fingerprint density at radius 3 is 1.25 bits per heavy atom. The molecule has 0 unspecified atom stereocenters. The fraction of sp³-hybridized carbons (Fsp3) is 0. The van der Waals surface area contributed by atoms with Crippen LogP contribution in [-0.4, -0.2) is 8.42 Å². The van der Waals surface area contributed by atoms with E-state index >= 15 is 0 Å². The predicted octanol–water partition coefficient (Wildman–Crippen LogP) is -0.0522. The van der Waals surface area contributed by atoms with E-state index in [9.17, 15) is 0 Å². The molecule has 0 aliphatic carbocycles. The van der Waals surface area contributed by atoms with Crippen LogP contribution in [0.15, 0.2) is 0 Å². The van der Waals surface area contributed by atoms with Gasteiger partial charge in [0.05, 0.1) is 0 Å². The molecular weight excluding hydrogens is 191 g/mol. The van der Waals surface area contributed by atoms with E-state index in [1.54, 1.807) is 0 Å². The Balaban J connectivity index is 0. The van der Waals surface area contributed by atoms with Crippen LogP contribution in [-0.2, 0) is 11.6 Å². The molecule has 2 nitrogen and oxygen atoms in total. The molecule has 0 rings (SSSR count). The maximum atomic E-state index is 8.29. The summed E-state index contributed by atoms with van der Waals surface area (Å²) in [5.74, 6) is 0. The Kier molecular flexibility index (Phi) is 21.2. The summed E-state index contributed by atoms with van der Waals surface area (Å²) in [4.78, 5) is 0. The van der Waals surface area contributed by atoms with Gasteiger partial charge in [0.25, 0.3) is 0 Å². The maximum absolute atomic E-state index is 8.29. The molecule has 26 valence electrons. The standard InChI is InChI=1S/HI.O2S/c;1-3-2/h1H;. The second kappa shape index (κ2) is 9.61. The molecule has 0 saturated heterocycles. The van der Waals surface area contributed by atoms with Crippen molar-refractivity contribution in [3.8, 4) is 0 Å². The lowest BCUT2D eigenvalue weighted by Crippen LogP contribution is -1.18. The van der Waals surface area contributed by atoms with Crippen molar-refractivity contribution in [1.29, 1.82) is 0 Å². The first-order chi connectivity index (χ1) is 1.41. The molecule has 0 atom stereocenters. The first kappa shape index (κ1) is 8.82. The molecular formula is HIO2S. The molecule has 0 N–H and O–H groups in total. The maximum Gasteiger partial charge on any atom is 0.335 e. The smallest absolute Gasteiger partial charge is 0.168 e. The van der Waals surface area contributed by atoms with Crippen molar-refractivity contribution in [2.24, 2.45) is 0 Å². The zero-order chi connectivity index (χ0) is 2.71. The normalized spacial score (nSPS) is 3.00. The molecule has 0 aliphatic rings. The minimum Gasteiger partial charge on any atom is -0.168 e. The summed E-state index contributed by atoms with van der Waals surface area (Å²) >= 11 is -0.750. The van der Waals surface area contributed by atoms with Gasteiger partial charge < -0.3 is 0 Å². The molecule has 0 aromatic rings. The molecule has 0 spiro atoms. The Bertz CT molecular complexity index is 27.0. The van der Waals surface area contributed by atoms with Crippen molar-refractivity contribution in [2.75, 3.05) is 0 Å². The molecule has 4 heavy (non-hydrogen) atoms. The van der Waals surface area contributed by atoms with Crippen LogP contribution in [0.5, 0.6) is 0 Å². The van der Waals surface area contributed by atoms with Crippen LogP contribution in [0.2, 0.25) is 0 Å². The van der Waals surface area contributed by atoms with Crippen LogP contribution < -0.4 is 0 Å². The van der Waals surface area contributed by atoms with Gasteiger partial charge in [0, 0.05) is 0 Å². The van der Waals surface area contributed by atoms with Gasteiger partial charge >= 0.3 is 11.6 Å². The minimum atomic E-state index is -0.750. The largest absolute Gasteiger partial charge is 0.335 e. The summed E-state index contributed by atoms with van der Waals surface area (Å²) in [7, 11) is 0. The number of hydrogen-bond donors (Lipinski definition) is 0. The Labute approximate surface area is 44.2 Å². The highest BCUT2D eigenvalue weighted by Crippen LogP contribution is 0.886. The van der Waals surface area contributed by atoms with E-state index in [0.717, 1.165) is 0 Å². The van der Waals surface area contributed by atoms with Crippen LogP contribution in [0.4, 0.5) is 0 Å². The third kappa shape index (κ3) is 20.3. The van der Waals surface area contributed by atoms with Gasteiger partial charge in [-0.25, -0.2) is 0 Å². The SMILES string of the molecule is I.O=S=O. The third-order valence-corrected chi connectivity index (χ3v) is 0. The van der Waals surface area contributed by atoms with E-state index in [2.05, 4.69) is 0 Å². The topological polar surface area (TPSA) is 34.1 Å². The predicted molar refractivity (Wildman–Crippen MR) is 24.3 cm³/mol. The van der Waals surface area contributed by atoms with E-state index in [1.807, 2.05) is 0 Å². The van der Waals surface area contributed by atoms with Crippen LogP contribution in [0, 0.1) is 0 Å². The lowest BCUT2D eigenvalue weighted by molar-refractivity contribution is 0.630. The minimum absolute atomic E-state index is 0. The van der Waals surface area contributed by atoms with Crippen LogP contribution >= 0.6 is 24.0 Å². The van der Waals surface area contributed by atoms with E-state index in [1.165, 1.54) is 0 Å². The summed E-state index contributed by atoms with van der Waals surface area (Å²) in [6.45, 7) is 0. The van der Waals surface area contributed by atoms with E-state index in [0.29, 0.717) is 0 Å². The average Bonchev–Trinajstić information content (AvgIpc) is 0.918.